The Kier molecular flexibility index (Phi) is 2.34. The lowest BCUT2D eigenvalue weighted by Gasteiger charge is -2.28. The lowest BCUT2D eigenvalue weighted by atomic mass is 9.98. The zero-order valence-corrected chi connectivity index (χ0v) is 8.37. The van der Waals surface area contributed by atoms with E-state index in [2.05, 4.69) is 21.2 Å². The fourth-order valence-corrected chi connectivity index (χ4v) is 1.95. The van der Waals surface area contributed by atoms with E-state index in [1.54, 1.807) is 0 Å². The quantitative estimate of drug-likeness (QED) is 0.753. The van der Waals surface area contributed by atoms with Crippen LogP contribution in [-0.4, -0.2) is 6.54 Å². The van der Waals surface area contributed by atoms with E-state index in [0.29, 0.717) is 4.47 Å². The van der Waals surface area contributed by atoms with E-state index in [4.69, 9.17) is 0 Å². The SMILES string of the molecule is Fc1cc(Br)c(C2CCN2)cc1F. The number of nitrogens with one attached hydrogen (secondary N) is 1. The molecule has 1 N–H and O–H groups in total. The molecule has 1 aliphatic heterocycles. The molecule has 0 radical (unpaired) electrons. The molecule has 1 aliphatic rings. The summed E-state index contributed by atoms with van der Waals surface area (Å²) in [6.07, 6.45) is 0.976. The predicted molar refractivity (Wildman–Crippen MR) is 49.4 cm³/mol. The number of benzene rings is 1. The van der Waals surface area contributed by atoms with Crippen LogP contribution in [0.25, 0.3) is 0 Å². The second kappa shape index (κ2) is 3.35. The van der Waals surface area contributed by atoms with Gasteiger partial charge in [-0.3, -0.25) is 0 Å². The first kappa shape index (κ1) is 9.09. The summed E-state index contributed by atoms with van der Waals surface area (Å²) in [5.74, 6) is -1.60. The molecule has 0 saturated carbocycles. The maximum Gasteiger partial charge on any atom is 0.159 e. The second-order valence-electron chi connectivity index (χ2n) is 3.08. The number of hydrogen-bond donors (Lipinski definition) is 1. The summed E-state index contributed by atoms with van der Waals surface area (Å²) in [6.45, 7) is 0.941. The Morgan fingerprint density at radius 2 is 1.92 bits per heavy atom. The lowest BCUT2D eigenvalue weighted by Crippen LogP contribution is -2.35. The Labute approximate surface area is 83.3 Å². The van der Waals surface area contributed by atoms with E-state index in [0.717, 1.165) is 18.5 Å². The molecular weight excluding hydrogens is 240 g/mol. The van der Waals surface area contributed by atoms with Crippen molar-refractivity contribution in [1.29, 1.82) is 0 Å². The van der Waals surface area contributed by atoms with Crippen LogP contribution in [-0.2, 0) is 0 Å². The smallest absolute Gasteiger partial charge is 0.159 e. The first-order chi connectivity index (χ1) is 6.18. The van der Waals surface area contributed by atoms with Crippen LogP contribution in [0.15, 0.2) is 16.6 Å². The monoisotopic (exact) mass is 247 g/mol. The van der Waals surface area contributed by atoms with Crippen LogP contribution in [0.1, 0.15) is 18.0 Å². The van der Waals surface area contributed by atoms with Gasteiger partial charge in [-0.25, -0.2) is 8.78 Å². The molecule has 0 spiro atoms. The molecule has 1 nitrogen and oxygen atoms in total. The minimum Gasteiger partial charge on any atom is -0.310 e. The summed E-state index contributed by atoms with van der Waals surface area (Å²) in [5.41, 5.74) is 0.796. The molecule has 1 aromatic rings. The molecule has 0 aliphatic carbocycles. The van der Waals surface area contributed by atoms with Gasteiger partial charge in [-0.05, 0) is 30.7 Å². The molecule has 13 heavy (non-hydrogen) atoms. The Hall–Kier alpha value is -0.480. The van der Waals surface area contributed by atoms with Crippen LogP contribution in [0, 0.1) is 11.6 Å². The van der Waals surface area contributed by atoms with Crippen molar-refractivity contribution in [2.75, 3.05) is 6.54 Å². The Balaban J connectivity index is 2.39. The molecule has 1 unspecified atom stereocenters. The number of halogens is 3. The first-order valence-electron chi connectivity index (χ1n) is 4.06. The molecular formula is C9H8BrF2N. The Morgan fingerprint density at radius 1 is 1.31 bits per heavy atom. The third kappa shape index (κ3) is 1.60. The van der Waals surface area contributed by atoms with Gasteiger partial charge in [0.1, 0.15) is 0 Å². The third-order valence-electron chi connectivity index (χ3n) is 2.24. The molecule has 1 fully saturated rings. The molecule has 1 aromatic carbocycles. The molecule has 0 bridgehead atoms. The highest BCUT2D eigenvalue weighted by Gasteiger charge is 2.22. The molecule has 1 atom stereocenters. The predicted octanol–water partition coefficient (Wildman–Crippen LogP) is 2.76. The van der Waals surface area contributed by atoms with Gasteiger partial charge in [0.2, 0.25) is 0 Å². The van der Waals surface area contributed by atoms with Crippen molar-refractivity contribution >= 4 is 15.9 Å². The molecule has 0 amide bonds. The summed E-state index contributed by atoms with van der Waals surface area (Å²) in [7, 11) is 0. The van der Waals surface area contributed by atoms with Crippen molar-refractivity contribution in [3.63, 3.8) is 0 Å². The third-order valence-corrected chi connectivity index (χ3v) is 2.93. The van der Waals surface area contributed by atoms with E-state index >= 15 is 0 Å². The van der Waals surface area contributed by atoms with Gasteiger partial charge in [0, 0.05) is 10.5 Å². The maximum atomic E-state index is 12.9. The normalized spacial score (nSPS) is 21.3. The van der Waals surface area contributed by atoms with E-state index < -0.39 is 11.6 Å². The van der Waals surface area contributed by atoms with Crippen LogP contribution >= 0.6 is 15.9 Å². The van der Waals surface area contributed by atoms with E-state index in [1.807, 2.05) is 0 Å². The van der Waals surface area contributed by atoms with Crippen LogP contribution in [0.5, 0.6) is 0 Å². The fraction of sp³-hybridized carbons (Fsp3) is 0.333. The van der Waals surface area contributed by atoms with Crippen LogP contribution in [0.3, 0.4) is 0 Å². The highest BCUT2D eigenvalue weighted by Crippen LogP contribution is 2.30. The van der Waals surface area contributed by atoms with Gasteiger partial charge in [-0.2, -0.15) is 0 Å². The van der Waals surface area contributed by atoms with Gasteiger partial charge in [0.05, 0.1) is 0 Å². The summed E-state index contributed by atoms with van der Waals surface area (Å²) in [6, 6.07) is 2.59. The standard InChI is InChI=1S/C9H8BrF2N/c10-6-4-8(12)7(11)3-5(6)9-1-2-13-9/h3-4,9,13H,1-2H2. The fourth-order valence-electron chi connectivity index (χ4n) is 1.36. The summed E-state index contributed by atoms with van der Waals surface area (Å²) >= 11 is 3.21. The van der Waals surface area contributed by atoms with Crippen LogP contribution < -0.4 is 5.32 Å². The lowest BCUT2D eigenvalue weighted by molar-refractivity contribution is 0.379. The number of hydrogen-bond acceptors (Lipinski definition) is 1. The summed E-state index contributed by atoms with van der Waals surface area (Å²) in [4.78, 5) is 0. The van der Waals surface area contributed by atoms with Crippen molar-refractivity contribution in [1.82, 2.24) is 5.32 Å². The van der Waals surface area contributed by atoms with Crippen molar-refractivity contribution in [3.05, 3.63) is 33.8 Å². The highest BCUT2D eigenvalue weighted by molar-refractivity contribution is 9.10. The second-order valence-corrected chi connectivity index (χ2v) is 3.94. The minimum atomic E-state index is -0.810. The molecule has 2 rings (SSSR count). The molecule has 70 valence electrons. The van der Waals surface area contributed by atoms with Gasteiger partial charge in [-0.15, -0.1) is 0 Å². The first-order valence-corrected chi connectivity index (χ1v) is 4.85. The largest absolute Gasteiger partial charge is 0.310 e. The van der Waals surface area contributed by atoms with Gasteiger partial charge in [-0.1, -0.05) is 15.9 Å². The van der Waals surface area contributed by atoms with Crippen LogP contribution in [0.4, 0.5) is 8.78 Å². The number of rotatable bonds is 1. The molecule has 0 aromatic heterocycles. The molecule has 1 saturated heterocycles. The minimum absolute atomic E-state index is 0.171. The summed E-state index contributed by atoms with van der Waals surface area (Å²) in [5, 5.41) is 3.13. The van der Waals surface area contributed by atoms with Gasteiger partial charge in [0.25, 0.3) is 0 Å². The Morgan fingerprint density at radius 3 is 2.46 bits per heavy atom. The maximum absolute atomic E-state index is 12.9. The van der Waals surface area contributed by atoms with E-state index in [9.17, 15) is 8.78 Å². The zero-order chi connectivity index (χ0) is 9.42. The molecule has 1 heterocycles. The topological polar surface area (TPSA) is 12.0 Å². The summed E-state index contributed by atoms with van der Waals surface area (Å²) < 4.78 is 26.2. The van der Waals surface area contributed by atoms with Gasteiger partial charge >= 0.3 is 0 Å². The van der Waals surface area contributed by atoms with Crippen molar-refractivity contribution in [3.8, 4) is 0 Å². The average molecular weight is 248 g/mol. The van der Waals surface area contributed by atoms with Crippen LogP contribution in [0.2, 0.25) is 0 Å². The van der Waals surface area contributed by atoms with Gasteiger partial charge < -0.3 is 5.32 Å². The Bertz CT molecular complexity index is 337. The van der Waals surface area contributed by atoms with Crippen molar-refractivity contribution in [2.45, 2.75) is 12.5 Å². The van der Waals surface area contributed by atoms with E-state index in [1.165, 1.54) is 12.1 Å². The zero-order valence-electron chi connectivity index (χ0n) is 6.78. The highest BCUT2D eigenvalue weighted by atomic mass is 79.9. The van der Waals surface area contributed by atoms with Crippen molar-refractivity contribution in [2.24, 2.45) is 0 Å². The van der Waals surface area contributed by atoms with E-state index in [-0.39, 0.29) is 6.04 Å². The average Bonchev–Trinajstić information content (AvgIpc) is 1.96. The van der Waals surface area contributed by atoms with Crippen molar-refractivity contribution < 1.29 is 8.78 Å². The van der Waals surface area contributed by atoms with Gasteiger partial charge in [0.15, 0.2) is 11.6 Å². The molecule has 4 heteroatoms.